The fourth-order valence-electron chi connectivity index (χ4n) is 2.27. The third kappa shape index (κ3) is 2.21. The molecule has 0 bridgehead atoms. The van der Waals surface area contributed by atoms with Crippen molar-refractivity contribution in [3.8, 4) is 0 Å². The standard InChI is InChI=1S/C11H20OS/c1-10(2)5-4-9(12-10)8-11(13-3)6-7-11/h9H,4-8H2,1-3H3. The Morgan fingerprint density at radius 1 is 1.31 bits per heavy atom. The summed E-state index contributed by atoms with van der Waals surface area (Å²) in [6.07, 6.45) is 9.41. The van der Waals surface area contributed by atoms with Crippen molar-refractivity contribution in [2.24, 2.45) is 0 Å². The van der Waals surface area contributed by atoms with Crippen LogP contribution in [0, 0.1) is 0 Å². The van der Waals surface area contributed by atoms with Gasteiger partial charge in [0.05, 0.1) is 11.7 Å². The largest absolute Gasteiger partial charge is 0.372 e. The highest BCUT2D eigenvalue weighted by molar-refractivity contribution is 8.00. The molecule has 1 aliphatic heterocycles. The molecule has 1 unspecified atom stereocenters. The molecular formula is C11H20OS. The fraction of sp³-hybridized carbons (Fsp3) is 1.00. The molecular weight excluding hydrogens is 180 g/mol. The lowest BCUT2D eigenvalue weighted by Gasteiger charge is -2.22. The molecule has 0 radical (unpaired) electrons. The van der Waals surface area contributed by atoms with Crippen molar-refractivity contribution in [3.05, 3.63) is 0 Å². The van der Waals surface area contributed by atoms with Gasteiger partial charge in [0.2, 0.25) is 0 Å². The van der Waals surface area contributed by atoms with Crippen molar-refractivity contribution >= 4 is 11.8 Å². The van der Waals surface area contributed by atoms with Gasteiger partial charge in [0.25, 0.3) is 0 Å². The maximum atomic E-state index is 6.01. The molecule has 1 aliphatic carbocycles. The fourth-order valence-corrected chi connectivity index (χ4v) is 3.13. The van der Waals surface area contributed by atoms with Gasteiger partial charge in [-0.15, -0.1) is 0 Å². The number of hydrogen-bond acceptors (Lipinski definition) is 2. The first-order valence-electron chi connectivity index (χ1n) is 5.28. The summed E-state index contributed by atoms with van der Waals surface area (Å²) in [7, 11) is 0. The minimum Gasteiger partial charge on any atom is -0.372 e. The maximum absolute atomic E-state index is 6.01. The summed E-state index contributed by atoms with van der Waals surface area (Å²) >= 11 is 2.05. The van der Waals surface area contributed by atoms with E-state index in [1.807, 2.05) is 11.8 Å². The van der Waals surface area contributed by atoms with Crippen LogP contribution in [0.5, 0.6) is 0 Å². The van der Waals surface area contributed by atoms with Gasteiger partial charge in [-0.05, 0) is 52.2 Å². The summed E-state index contributed by atoms with van der Waals surface area (Å²) in [4.78, 5) is 0. The van der Waals surface area contributed by atoms with Crippen LogP contribution in [0.1, 0.15) is 46.0 Å². The Hall–Kier alpha value is 0.310. The van der Waals surface area contributed by atoms with E-state index in [9.17, 15) is 0 Å². The van der Waals surface area contributed by atoms with Crippen LogP contribution < -0.4 is 0 Å². The van der Waals surface area contributed by atoms with Crippen molar-refractivity contribution < 1.29 is 4.74 Å². The molecule has 0 aromatic carbocycles. The van der Waals surface area contributed by atoms with Crippen LogP contribution in [0.15, 0.2) is 0 Å². The SMILES string of the molecule is CSC1(CC2CCC(C)(C)O2)CC1. The first-order chi connectivity index (χ1) is 6.05. The van der Waals surface area contributed by atoms with E-state index in [-0.39, 0.29) is 5.60 Å². The number of hydrogen-bond donors (Lipinski definition) is 0. The van der Waals surface area contributed by atoms with E-state index in [1.54, 1.807) is 0 Å². The molecule has 0 amide bonds. The second-order valence-electron chi connectivity index (χ2n) is 5.13. The third-order valence-electron chi connectivity index (χ3n) is 3.39. The van der Waals surface area contributed by atoms with Crippen molar-refractivity contribution in [1.29, 1.82) is 0 Å². The smallest absolute Gasteiger partial charge is 0.0631 e. The quantitative estimate of drug-likeness (QED) is 0.691. The number of thioether (sulfide) groups is 1. The molecule has 0 spiro atoms. The molecule has 2 fully saturated rings. The Morgan fingerprint density at radius 2 is 2.00 bits per heavy atom. The zero-order chi connectivity index (χ0) is 9.53. The third-order valence-corrected chi connectivity index (χ3v) is 4.84. The van der Waals surface area contributed by atoms with Crippen molar-refractivity contribution in [2.45, 2.75) is 62.4 Å². The van der Waals surface area contributed by atoms with Gasteiger partial charge in [0.1, 0.15) is 0 Å². The van der Waals surface area contributed by atoms with Gasteiger partial charge in [0.15, 0.2) is 0 Å². The van der Waals surface area contributed by atoms with Crippen LogP contribution in [0.4, 0.5) is 0 Å². The van der Waals surface area contributed by atoms with Gasteiger partial charge in [0, 0.05) is 4.75 Å². The van der Waals surface area contributed by atoms with Crippen molar-refractivity contribution in [2.75, 3.05) is 6.26 Å². The minimum atomic E-state index is 0.152. The van der Waals surface area contributed by atoms with Gasteiger partial charge < -0.3 is 4.74 Å². The zero-order valence-corrected chi connectivity index (χ0v) is 9.75. The molecule has 1 nitrogen and oxygen atoms in total. The molecule has 2 aliphatic rings. The summed E-state index contributed by atoms with van der Waals surface area (Å²) in [5.74, 6) is 0. The van der Waals surface area contributed by atoms with E-state index < -0.39 is 0 Å². The van der Waals surface area contributed by atoms with Crippen LogP contribution >= 0.6 is 11.8 Å². The number of ether oxygens (including phenoxy) is 1. The summed E-state index contributed by atoms with van der Waals surface area (Å²) in [6, 6.07) is 0. The average Bonchev–Trinajstić information content (AvgIpc) is 2.74. The van der Waals surface area contributed by atoms with Crippen molar-refractivity contribution in [3.63, 3.8) is 0 Å². The molecule has 2 rings (SSSR count). The maximum Gasteiger partial charge on any atom is 0.0631 e. The highest BCUT2D eigenvalue weighted by atomic mass is 32.2. The highest BCUT2D eigenvalue weighted by Crippen LogP contribution is 2.52. The van der Waals surface area contributed by atoms with E-state index in [0.29, 0.717) is 10.9 Å². The monoisotopic (exact) mass is 200 g/mol. The summed E-state index contributed by atoms with van der Waals surface area (Å²) in [5.41, 5.74) is 0.152. The van der Waals surface area contributed by atoms with E-state index in [0.717, 1.165) is 0 Å². The molecule has 76 valence electrons. The normalized spacial score (nSPS) is 34.8. The Bertz CT molecular complexity index is 196. The van der Waals surface area contributed by atoms with Crippen LogP contribution in [0.25, 0.3) is 0 Å². The van der Waals surface area contributed by atoms with E-state index in [1.165, 1.54) is 32.1 Å². The van der Waals surface area contributed by atoms with Crippen LogP contribution in [-0.4, -0.2) is 22.7 Å². The highest BCUT2D eigenvalue weighted by Gasteiger charge is 2.46. The average molecular weight is 200 g/mol. The molecule has 0 N–H and O–H groups in total. The van der Waals surface area contributed by atoms with Gasteiger partial charge in [-0.1, -0.05) is 0 Å². The summed E-state index contributed by atoms with van der Waals surface area (Å²) < 4.78 is 6.63. The topological polar surface area (TPSA) is 9.23 Å². The molecule has 1 saturated carbocycles. The first-order valence-corrected chi connectivity index (χ1v) is 6.51. The molecule has 1 saturated heterocycles. The van der Waals surface area contributed by atoms with Crippen LogP contribution in [-0.2, 0) is 4.74 Å². The molecule has 13 heavy (non-hydrogen) atoms. The van der Waals surface area contributed by atoms with Crippen molar-refractivity contribution in [1.82, 2.24) is 0 Å². The number of rotatable bonds is 3. The minimum absolute atomic E-state index is 0.152. The first kappa shape index (κ1) is 9.85. The lowest BCUT2D eigenvalue weighted by molar-refractivity contribution is -0.0189. The van der Waals surface area contributed by atoms with Gasteiger partial charge >= 0.3 is 0 Å². The second kappa shape index (κ2) is 3.16. The summed E-state index contributed by atoms with van der Waals surface area (Å²) in [6.45, 7) is 4.43. The lowest BCUT2D eigenvalue weighted by atomic mass is 10.0. The lowest BCUT2D eigenvalue weighted by Crippen LogP contribution is -2.22. The van der Waals surface area contributed by atoms with Crippen LogP contribution in [0.3, 0.4) is 0 Å². The second-order valence-corrected chi connectivity index (χ2v) is 6.40. The van der Waals surface area contributed by atoms with Gasteiger partial charge in [-0.2, -0.15) is 11.8 Å². The zero-order valence-electron chi connectivity index (χ0n) is 8.93. The Balaban J connectivity index is 1.84. The predicted molar refractivity (Wildman–Crippen MR) is 58.3 cm³/mol. The molecule has 0 aromatic heterocycles. The molecule has 1 heterocycles. The van der Waals surface area contributed by atoms with E-state index >= 15 is 0 Å². The van der Waals surface area contributed by atoms with E-state index in [4.69, 9.17) is 4.74 Å². The summed E-state index contributed by atoms with van der Waals surface area (Å²) in [5, 5.41) is 0. The Labute approximate surface area is 85.6 Å². The van der Waals surface area contributed by atoms with Crippen LogP contribution in [0.2, 0.25) is 0 Å². The Morgan fingerprint density at radius 3 is 2.38 bits per heavy atom. The predicted octanol–water partition coefficient (Wildman–Crippen LogP) is 3.23. The molecule has 2 heteroatoms. The van der Waals surface area contributed by atoms with Gasteiger partial charge in [-0.25, -0.2) is 0 Å². The van der Waals surface area contributed by atoms with E-state index in [2.05, 4.69) is 20.1 Å². The van der Waals surface area contributed by atoms with Gasteiger partial charge in [-0.3, -0.25) is 0 Å². The molecule has 1 atom stereocenters. The Kier molecular flexibility index (Phi) is 2.40. The molecule has 0 aromatic rings.